The summed E-state index contributed by atoms with van der Waals surface area (Å²) in [4.78, 5) is 39.9. The number of carbonyl (C=O) groups is 3. The molecule has 0 radical (unpaired) electrons. The van der Waals surface area contributed by atoms with Crippen molar-refractivity contribution in [3.8, 4) is 0 Å². The van der Waals surface area contributed by atoms with Crippen LogP contribution in [0, 0.1) is 0 Å². The summed E-state index contributed by atoms with van der Waals surface area (Å²) in [5.74, 6) is -0.448. The van der Waals surface area contributed by atoms with E-state index in [9.17, 15) is 14.4 Å². The molecule has 2 aliphatic heterocycles. The summed E-state index contributed by atoms with van der Waals surface area (Å²) >= 11 is 0. The molecule has 1 aromatic rings. The van der Waals surface area contributed by atoms with Crippen LogP contribution in [0.5, 0.6) is 0 Å². The van der Waals surface area contributed by atoms with Gasteiger partial charge < -0.3 is 25.0 Å². The third kappa shape index (κ3) is 4.13. The first kappa shape index (κ1) is 18.2. The normalized spacial score (nSPS) is 21.5. The van der Waals surface area contributed by atoms with E-state index in [0.717, 1.165) is 5.56 Å². The highest BCUT2D eigenvalue weighted by Crippen LogP contribution is 2.20. The van der Waals surface area contributed by atoms with Crippen molar-refractivity contribution in [1.29, 1.82) is 0 Å². The Morgan fingerprint density at radius 2 is 1.88 bits per heavy atom. The molecule has 3 amide bonds. The molecule has 2 fully saturated rings. The summed E-state index contributed by atoms with van der Waals surface area (Å²) in [7, 11) is 0. The zero-order valence-electron chi connectivity index (χ0n) is 14.5. The number of hydrogen-bond donors (Lipinski definition) is 2. The van der Waals surface area contributed by atoms with E-state index in [-0.39, 0.29) is 11.8 Å². The molecule has 0 bridgehead atoms. The fraction of sp³-hybridized carbons (Fsp3) is 0.500. The van der Waals surface area contributed by atoms with Crippen LogP contribution >= 0.6 is 0 Å². The molecule has 140 valence electrons. The Bertz CT molecular complexity index is 660. The fourth-order valence-electron chi connectivity index (χ4n) is 3.46. The van der Waals surface area contributed by atoms with Crippen LogP contribution in [0.2, 0.25) is 0 Å². The molecule has 0 aliphatic carbocycles. The first-order valence-electron chi connectivity index (χ1n) is 8.76. The molecule has 3 rings (SSSR count). The lowest BCUT2D eigenvalue weighted by Crippen LogP contribution is -2.54. The Balaban J connectivity index is 1.79. The van der Waals surface area contributed by atoms with E-state index in [1.807, 2.05) is 30.3 Å². The van der Waals surface area contributed by atoms with Gasteiger partial charge in [-0.25, -0.2) is 4.79 Å². The average molecular weight is 361 g/mol. The van der Waals surface area contributed by atoms with Gasteiger partial charge in [-0.05, 0) is 12.0 Å². The van der Waals surface area contributed by atoms with Crippen LogP contribution in [-0.4, -0.2) is 77.7 Å². The Kier molecular flexibility index (Phi) is 5.72. The summed E-state index contributed by atoms with van der Waals surface area (Å²) in [5, 5.41) is 11.1. The van der Waals surface area contributed by atoms with Gasteiger partial charge in [0.25, 0.3) is 0 Å². The van der Waals surface area contributed by atoms with E-state index >= 15 is 0 Å². The lowest BCUT2D eigenvalue weighted by molar-refractivity contribution is -0.146. The number of amides is 3. The van der Waals surface area contributed by atoms with Gasteiger partial charge in [-0.1, -0.05) is 30.3 Å². The second-order valence-electron chi connectivity index (χ2n) is 6.47. The molecule has 8 heteroatoms. The monoisotopic (exact) mass is 361 g/mol. The number of nitrogens with one attached hydrogen (secondary N) is 1. The lowest BCUT2D eigenvalue weighted by atomic mass is 10.0. The van der Waals surface area contributed by atoms with Crippen LogP contribution < -0.4 is 5.32 Å². The minimum absolute atomic E-state index is 0.110. The van der Waals surface area contributed by atoms with E-state index in [1.54, 1.807) is 4.90 Å². The SMILES string of the molecule is O=C(O)N[C@H]1CCN([C@@H](Cc2ccccc2)C(=O)N2CCOCC2)C1=O. The molecule has 2 atom stereocenters. The Labute approximate surface area is 151 Å². The number of hydrogen-bond acceptors (Lipinski definition) is 4. The lowest BCUT2D eigenvalue weighted by Gasteiger charge is -2.34. The molecule has 1 aromatic carbocycles. The van der Waals surface area contributed by atoms with Gasteiger partial charge in [0.05, 0.1) is 13.2 Å². The quantitative estimate of drug-likeness (QED) is 0.787. The average Bonchev–Trinajstić information content (AvgIpc) is 3.00. The summed E-state index contributed by atoms with van der Waals surface area (Å²) < 4.78 is 5.31. The number of nitrogens with zero attached hydrogens (tertiary/aromatic N) is 2. The van der Waals surface area contributed by atoms with Crippen molar-refractivity contribution in [2.75, 3.05) is 32.8 Å². The highest BCUT2D eigenvalue weighted by atomic mass is 16.5. The number of likely N-dealkylation sites (tertiary alicyclic amines) is 1. The second-order valence-corrected chi connectivity index (χ2v) is 6.47. The van der Waals surface area contributed by atoms with Crippen molar-refractivity contribution in [2.45, 2.75) is 24.9 Å². The summed E-state index contributed by atoms with van der Waals surface area (Å²) in [6.07, 6.45) is -0.459. The van der Waals surface area contributed by atoms with Crippen molar-refractivity contribution in [1.82, 2.24) is 15.1 Å². The maximum Gasteiger partial charge on any atom is 0.405 e. The smallest absolute Gasteiger partial charge is 0.405 e. The molecule has 26 heavy (non-hydrogen) atoms. The number of morpholine rings is 1. The molecule has 2 saturated heterocycles. The standard InChI is InChI=1S/C18H23N3O5/c22-16-14(19-18(24)25)6-7-21(16)15(12-13-4-2-1-3-5-13)17(23)20-8-10-26-11-9-20/h1-5,14-15,19H,6-12H2,(H,24,25)/t14-,15-/m0/s1. The molecule has 0 aromatic heterocycles. The number of benzene rings is 1. The van der Waals surface area contributed by atoms with Gasteiger partial charge in [-0.2, -0.15) is 0 Å². The molecule has 0 saturated carbocycles. The van der Waals surface area contributed by atoms with Crippen LogP contribution in [0.25, 0.3) is 0 Å². The molecular weight excluding hydrogens is 338 g/mol. The first-order chi connectivity index (χ1) is 12.6. The maximum atomic E-state index is 13.1. The zero-order valence-corrected chi connectivity index (χ0v) is 14.5. The van der Waals surface area contributed by atoms with Crippen molar-refractivity contribution < 1.29 is 24.2 Å². The zero-order chi connectivity index (χ0) is 18.5. The van der Waals surface area contributed by atoms with Gasteiger partial charge >= 0.3 is 6.09 Å². The van der Waals surface area contributed by atoms with Crippen LogP contribution in [0.4, 0.5) is 4.79 Å². The van der Waals surface area contributed by atoms with Gasteiger partial charge in [0, 0.05) is 26.1 Å². The number of carboxylic acid groups (broad SMARTS) is 1. The van der Waals surface area contributed by atoms with Crippen LogP contribution in [0.3, 0.4) is 0 Å². The predicted octanol–water partition coefficient (Wildman–Crippen LogP) is 0.325. The fourth-order valence-corrected chi connectivity index (χ4v) is 3.46. The highest BCUT2D eigenvalue weighted by molar-refractivity contribution is 5.92. The van der Waals surface area contributed by atoms with Gasteiger partial charge in [0.1, 0.15) is 12.1 Å². The number of ether oxygens (including phenoxy) is 1. The molecular formula is C18H23N3O5. The van der Waals surface area contributed by atoms with Crippen LogP contribution in [-0.2, 0) is 20.7 Å². The first-order valence-corrected chi connectivity index (χ1v) is 8.76. The molecule has 2 N–H and O–H groups in total. The molecule has 0 unspecified atom stereocenters. The minimum atomic E-state index is -1.23. The Morgan fingerprint density at radius 3 is 2.54 bits per heavy atom. The second kappa shape index (κ2) is 8.18. The Hall–Kier alpha value is -2.61. The summed E-state index contributed by atoms with van der Waals surface area (Å²) in [6, 6.07) is 8.11. The van der Waals surface area contributed by atoms with E-state index in [1.165, 1.54) is 4.90 Å². The predicted molar refractivity (Wildman–Crippen MR) is 92.6 cm³/mol. The van der Waals surface area contributed by atoms with E-state index in [4.69, 9.17) is 9.84 Å². The van der Waals surface area contributed by atoms with E-state index < -0.39 is 18.2 Å². The minimum Gasteiger partial charge on any atom is -0.465 e. The van der Waals surface area contributed by atoms with E-state index in [2.05, 4.69) is 5.32 Å². The number of carbonyl (C=O) groups excluding carboxylic acids is 2. The van der Waals surface area contributed by atoms with Crippen molar-refractivity contribution in [3.05, 3.63) is 35.9 Å². The topological polar surface area (TPSA) is 99.2 Å². The van der Waals surface area contributed by atoms with Crippen molar-refractivity contribution >= 4 is 17.9 Å². The van der Waals surface area contributed by atoms with Crippen LogP contribution in [0.15, 0.2) is 30.3 Å². The van der Waals surface area contributed by atoms with Gasteiger partial charge in [-0.3, -0.25) is 9.59 Å². The van der Waals surface area contributed by atoms with Crippen molar-refractivity contribution in [2.24, 2.45) is 0 Å². The van der Waals surface area contributed by atoms with Crippen LogP contribution in [0.1, 0.15) is 12.0 Å². The summed E-state index contributed by atoms with van der Waals surface area (Å²) in [6.45, 7) is 2.34. The third-order valence-electron chi connectivity index (χ3n) is 4.79. The largest absolute Gasteiger partial charge is 0.465 e. The van der Waals surface area contributed by atoms with Crippen molar-refractivity contribution in [3.63, 3.8) is 0 Å². The maximum absolute atomic E-state index is 13.1. The van der Waals surface area contributed by atoms with E-state index in [0.29, 0.717) is 45.7 Å². The Morgan fingerprint density at radius 1 is 1.19 bits per heavy atom. The summed E-state index contributed by atoms with van der Waals surface area (Å²) in [5.41, 5.74) is 0.960. The highest BCUT2D eigenvalue weighted by Gasteiger charge is 2.41. The van der Waals surface area contributed by atoms with Gasteiger partial charge in [0.2, 0.25) is 11.8 Å². The molecule has 0 spiro atoms. The third-order valence-corrected chi connectivity index (χ3v) is 4.79. The van der Waals surface area contributed by atoms with Gasteiger partial charge in [-0.15, -0.1) is 0 Å². The number of rotatable bonds is 5. The van der Waals surface area contributed by atoms with Gasteiger partial charge in [0.15, 0.2) is 0 Å². The molecule has 2 heterocycles. The molecule has 2 aliphatic rings. The molecule has 8 nitrogen and oxygen atoms in total.